The number of methoxy groups -OCH3 is 3. The summed E-state index contributed by atoms with van der Waals surface area (Å²) >= 11 is 0.664. The summed E-state index contributed by atoms with van der Waals surface area (Å²) in [5.74, 6) is 0.217. The normalized spacial score (nSPS) is 11.0. The number of nitrogens with zero attached hydrogens (tertiary/aromatic N) is 1. The van der Waals surface area contributed by atoms with Crippen LogP contribution in [0.1, 0.15) is 15.9 Å². The summed E-state index contributed by atoms with van der Waals surface area (Å²) in [6, 6.07) is 5.16. The predicted octanol–water partition coefficient (Wildman–Crippen LogP) is 1.93. The Hall–Kier alpha value is -2.33. The van der Waals surface area contributed by atoms with Crippen molar-refractivity contribution < 1.29 is 32.2 Å². The van der Waals surface area contributed by atoms with Crippen LogP contribution in [-0.4, -0.2) is 46.3 Å². The van der Waals surface area contributed by atoms with Crippen molar-refractivity contribution in [1.29, 1.82) is 0 Å². The number of esters is 1. The largest absolute Gasteiger partial charge is 0.497 e. The highest BCUT2D eigenvalue weighted by Crippen LogP contribution is 2.31. The van der Waals surface area contributed by atoms with Crippen LogP contribution < -0.4 is 14.2 Å². The number of hydrogen-bond acceptors (Lipinski definition) is 9. The Bertz CT molecular complexity index is 852. The fourth-order valence-corrected chi connectivity index (χ4v) is 3.75. The van der Waals surface area contributed by atoms with Crippen LogP contribution in [0.4, 0.5) is 0 Å². The molecule has 8 nitrogen and oxygen atoms in total. The van der Waals surface area contributed by atoms with Crippen molar-refractivity contribution >= 4 is 27.3 Å². The maximum Gasteiger partial charge on any atom is 0.345 e. The van der Waals surface area contributed by atoms with E-state index in [1.165, 1.54) is 14.2 Å². The molecule has 0 N–H and O–H groups in total. The van der Waals surface area contributed by atoms with Gasteiger partial charge in [-0.15, -0.1) is 0 Å². The van der Waals surface area contributed by atoms with Gasteiger partial charge in [-0.3, -0.25) is 0 Å². The molecule has 0 aliphatic heterocycles. The van der Waals surface area contributed by atoms with Crippen molar-refractivity contribution in [2.75, 3.05) is 27.6 Å². The summed E-state index contributed by atoms with van der Waals surface area (Å²) in [6.45, 7) is 0.0322. The van der Waals surface area contributed by atoms with E-state index in [1.54, 1.807) is 18.2 Å². The number of carbonyl (C=O) groups is 1. The first-order valence-electron chi connectivity index (χ1n) is 6.93. The Balaban J connectivity index is 2.33. The van der Waals surface area contributed by atoms with Crippen LogP contribution in [0.5, 0.6) is 17.4 Å². The molecule has 0 aliphatic rings. The first kappa shape index (κ1) is 19.0. The minimum Gasteiger partial charge on any atom is -0.497 e. The molecule has 0 saturated heterocycles. The molecular formula is C15H17NO7S2. The summed E-state index contributed by atoms with van der Waals surface area (Å²) in [5.41, 5.74) is 0.491. The maximum atomic E-state index is 11.9. The van der Waals surface area contributed by atoms with Gasteiger partial charge in [0.25, 0.3) is 0 Å². The fraction of sp³-hybridized carbons (Fsp3) is 0.333. The lowest BCUT2D eigenvalue weighted by Crippen LogP contribution is -2.09. The standard InChI is InChI=1S/C15H17NO7S2/c1-20-10-5-9(6-11(7-10)21-2)8-23-13-12(14(17)22-3)15(24-16-13)25(4,18)19/h5-7H,8H2,1-4H3. The van der Waals surface area contributed by atoms with Gasteiger partial charge in [0.15, 0.2) is 19.6 Å². The molecule has 0 atom stereocenters. The molecule has 0 saturated carbocycles. The molecule has 0 bridgehead atoms. The van der Waals surface area contributed by atoms with Crippen LogP contribution in [0.3, 0.4) is 0 Å². The molecule has 0 aliphatic carbocycles. The molecule has 2 rings (SSSR count). The number of benzene rings is 1. The van der Waals surface area contributed by atoms with Crippen molar-refractivity contribution in [3.8, 4) is 17.4 Å². The van der Waals surface area contributed by atoms with Crippen LogP contribution in [-0.2, 0) is 21.2 Å². The van der Waals surface area contributed by atoms with E-state index in [2.05, 4.69) is 9.11 Å². The van der Waals surface area contributed by atoms with Gasteiger partial charge in [-0.05, 0) is 29.2 Å². The summed E-state index contributed by atoms with van der Waals surface area (Å²) in [4.78, 5) is 11.9. The molecule has 136 valence electrons. The number of aromatic nitrogens is 1. The quantitative estimate of drug-likeness (QED) is 0.664. The van der Waals surface area contributed by atoms with Crippen molar-refractivity contribution in [1.82, 2.24) is 4.37 Å². The average Bonchev–Trinajstić information content (AvgIpc) is 3.03. The van der Waals surface area contributed by atoms with Gasteiger partial charge < -0.3 is 18.9 Å². The second kappa shape index (κ2) is 7.70. The Morgan fingerprint density at radius 3 is 2.20 bits per heavy atom. The van der Waals surface area contributed by atoms with E-state index in [1.807, 2.05) is 0 Å². The van der Waals surface area contributed by atoms with E-state index in [-0.39, 0.29) is 22.3 Å². The lowest BCUT2D eigenvalue weighted by Gasteiger charge is -2.09. The third kappa shape index (κ3) is 4.40. The van der Waals surface area contributed by atoms with Gasteiger partial charge in [-0.2, -0.15) is 4.37 Å². The second-order valence-electron chi connectivity index (χ2n) is 4.92. The van der Waals surface area contributed by atoms with Gasteiger partial charge in [0, 0.05) is 12.3 Å². The van der Waals surface area contributed by atoms with Gasteiger partial charge in [0.05, 0.1) is 21.3 Å². The van der Waals surface area contributed by atoms with Crippen LogP contribution in [0.2, 0.25) is 0 Å². The van der Waals surface area contributed by atoms with Crippen LogP contribution in [0, 0.1) is 0 Å². The molecular weight excluding hydrogens is 370 g/mol. The Morgan fingerprint density at radius 1 is 1.12 bits per heavy atom. The predicted molar refractivity (Wildman–Crippen MR) is 90.4 cm³/mol. The summed E-state index contributed by atoms with van der Waals surface area (Å²) in [6.07, 6.45) is 0.990. The number of ether oxygens (including phenoxy) is 4. The highest BCUT2D eigenvalue weighted by atomic mass is 32.2. The van der Waals surface area contributed by atoms with Crippen LogP contribution >= 0.6 is 11.5 Å². The van der Waals surface area contributed by atoms with Crippen molar-refractivity contribution in [2.45, 2.75) is 10.8 Å². The molecule has 1 aromatic carbocycles. The van der Waals surface area contributed by atoms with Crippen molar-refractivity contribution in [2.24, 2.45) is 0 Å². The van der Waals surface area contributed by atoms with Crippen LogP contribution in [0.15, 0.2) is 22.4 Å². The Morgan fingerprint density at radius 2 is 1.72 bits per heavy atom. The third-order valence-electron chi connectivity index (χ3n) is 3.14. The minimum atomic E-state index is -3.64. The molecule has 10 heteroatoms. The highest BCUT2D eigenvalue weighted by molar-refractivity contribution is 7.92. The highest BCUT2D eigenvalue weighted by Gasteiger charge is 2.29. The van der Waals surface area contributed by atoms with Crippen LogP contribution in [0.25, 0.3) is 0 Å². The zero-order valence-electron chi connectivity index (χ0n) is 14.1. The first-order chi connectivity index (χ1) is 11.8. The molecule has 25 heavy (non-hydrogen) atoms. The number of sulfone groups is 1. The average molecular weight is 387 g/mol. The molecule has 1 aromatic heterocycles. The molecule has 0 fully saturated rings. The van der Waals surface area contributed by atoms with Gasteiger partial charge >= 0.3 is 5.97 Å². The molecule has 0 amide bonds. The molecule has 0 radical (unpaired) electrons. The lowest BCUT2D eigenvalue weighted by molar-refractivity contribution is 0.0591. The molecule has 0 spiro atoms. The fourth-order valence-electron chi connectivity index (χ4n) is 1.99. The van der Waals surface area contributed by atoms with Gasteiger partial charge in [-0.1, -0.05) is 0 Å². The Labute approximate surface area is 149 Å². The monoisotopic (exact) mass is 387 g/mol. The third-order valence-corrected chi connectivity index (χ3v) is 5.78. The zero-order valence-corrected chi connectivity index (χ0v) is 15.7. The van der Waals surface area contributed by atoms with Gasteiger partial charge in [0.2, 0.25) is 5.88 Å². The molecule has 2 aromatic rings. The van der Waals surface area contributed by atoms with Gasteiger partial charge in [0.1, 0.15) is 18.1 Å². The maximum absolute atomic E-state index is 11.9. The number of carbonyl (C=O) groups excluding carboxylic acids is 1. The summed E-state index contributed by atoms with van der Waals surface area (Å²) in [7, 11) is 0.561. The SMILES string of the molecule is COC(=O)c1c(OCc2cc(OC)cc(OC)c2)nsc1S(C)(=O)=O. The number of hydrogen-bond donors (Lipinski definition) is 0. The van der Waals surface area contributed by atoms with Crippen molar-refractivity contribution in [3.05, 3.63) is 29.3 Å². The lowest BCUT2D eigenvalue weighted by atomic mass is 10.2. The van der Waals surface area contributed by atoms with E-state index in [0.717, 1.165) is 13.4 Å². The van der Waals surface area contributed by atoms with E-state index in [0.29, 0.717) is 28.6 Å². The van der Waals surface area contributed by atoms with Gasteiger partial charge in [-0.25, -0.2) is 13.2 Å². The van der Waals surface area contributed by atoms with E-state index in [9.17, 15) is 13.2 Å². The summed E-state index contributed by atoms with van der Waals surface area (Å²) < 4.78 is 47.9. The smallest absolute Gasteiger partial charge is 0.345 e. The van der Waals surface area contributed by atoms with Crippen molar-refractivity contribution in [3.63, 3.8) is 0 Å². The minimum absolute atomic E-state index is 0.0322. The van der Waals surface area contributed by atoms with E-state index < -0.39 is 15.8 Å². The Kier molecular flexibility index (Phi) is 5.85. The molecule has 1 heterocycles. The van der Waals surface area contributed by atoms with E-state index in [4.69, 9.17) is 14.2 Å². The number of rotatable bonds is 7. The zero-order chi connectivity index (χ0) is 18.6. The topological polar surface area (TPSA) is 101 Å². The summed E-state index contributed by atoms with van der Waals surface area (Å²) in [5, 5.41) is 0. The second-order valence-corrected chi connectivity index (χ2v) is 7.91. The first-order valence-corrected chi connectivity index (χ1v) is 9.59. The van der Waals surface area contributed by atoms with E-state index >= 15 is 0 Å². The molecule has 0 unspecified atom stereocenters.